The van der Waals surface area contributed by atoms with Gasteiger partial charge in [-0.1, -0.05) is 6.07 Å². The van der Waals surface area contributed by atoms with Crippen LogP contribution >= 0.6 is 11.3 Å². The maximum Gasteiger partial charge on any atom is 0.163 e. The Bertz CT molecular complexity index is 575. The zero-order valence-corrected chi connectivity index (χ0v) is 11.2. The van der Waals surface area contributed by atoms with Crippen molar-refractivity contribution in [2.75, 3.05) is 13.2 Å². The van der Waals surface area contributed by atoms with Gasteiger partial charge in [0.1, 0.15) is 13.2 Å². The third-order valence-corrected chi connectivity index (χ3v) is 3.98. The van der Waals surface area contributed by atoms with E-state index in [0.29, 0.717) is 30.9 Å². The molecular weight excluding hydrogens is 260 g/mol. The topological polar surface area (TPSA) is 35.5 Å². The zero-order valence-electron chi connectivity index (χ0n) is 10.4. The minimum atomic E-state index is 0.144. The predicted octanol–water partition coefficient (Wildman–Crippen LogP) is 3.33. The zero-order chi connectivity index (χ0) is 13.1. The Morgan fingerprint density at radius 3 is 2.79 bits per heavy atom. The number of carbonyl (C=O) groups is 1. The van der Waals surface area contributed by atoms with Gasteiger partial charge in [-0.15, -0.1) is 11.3 Å². The maximum absolute atomic E-state index is 12.1. The van der Waals surface area contributed by atoms with Crippen LogP contribution in [0.5, 0.6) is 11.5 Å². The Kier molecular flexibility index (Phi) is 3.51. The number of benzene rings is 1. The summed E-state index contributed by atoms with van der Waals surface area (Å²) in [5.41, 5.74) is 0.695. The highest BCUT2D eigenvalue weighted by Crippen LogP contribution is 2.31. The van der Waals surface area contributed by atoms with E-state index < -0.39 is 0 Å². The van der Waals surface area contributed by atoms with Gasteiger partial charge in [-0.05, 0) is 36.1 Å². The highest BCUT2D eigenvalue weighted by molar-refractivity contribution is 7.09. The van der Waals surface area contributed by atoms with Crippen molar-refractivity contribution in [2.24, 2.45) is 0 Å². The first kappa shape index (κ1) is 12.2. The number of hydrogen-bond acceptors (Lipinski definition) is 4. The lowest BCUT2D eigenvalue weighted by molar-refractivity contribution is 0.0982. The van der Waals surface area contributed by atoms with Crippen molar-refractivity contribution in [2.45, 2.75) is 12.8 Å². The van der Waals surface area contributed by atoms with Gasteiger partial charge in [0.2, 0.25) is 0 Å². The van der Waals surface area contributed by atoms with Gasteiger partial charge in [0.25, 0.3) is 0 Å². The third kappa shape index (κ3) is 2.79. The summed E-state index contributed by atoms with van der Waals surface area (Å²) in [5, 5.41) is 2.03. The van der Waals surface area contributed by atoms with Crippen LogP contribution in [0.1, 0.15) is 21.7 Å². The second-order valence-electron chi connectivity index (χ2n) is 4.36. The van der Waals surface area contributed by atoms with Crippen molar-refractivity contribution in [1.29, 1.82) is 0 Å². The molecule has 0 atom stereocenters. The molecule has 4 heteroatoms. The van der Waals surface area contributed by atoms with E-state index in [2.05, 4.69) is 6.07 Å². The average molecular weight is 274 g/mol. The van der Waals surface area contributed by atoms with Crippen LogP contribution in [0, 0.1) is 0 Å². The summed E-state index contributed by atoms with van der Waals surface area (Å²) in [6.45, 7) is 1.11. The molecule has 0 saturated carbocycles. The lowest BCUT2D eigenvalue weighted by atomic mass is 10.1. The van der Waals surface area contributed by atoms with E-state index in [1.807, 2.05) is 23.6 Å². The number of ketones is 1. The minimum absolute atomic E-state index is 0.144. The summed E-state index contributed by atoms with van der Waals surface area (Å²) in [5.74, 6) is 1.54. The second-order valence-corrected chi connectivity index (χ2v) is 5.39. The minimum Gasteiger partial charge on any atom is -0.486 e. The highest BCUT2D eigenvalue weighted by atomic mass is 32.1. The predicted molar refractivity (Wildman–Crippen MR) is 74.4 cm³/mol. The van der Waals surface area contributed by atoms with Gasteiger partial charge in [0.15, 0.2) is 17.3 Å². The first-order valence-electron chi connectivity index (χ1n) is 6.28. The summed E-state index contributed by atoms with van der Waals surface area (Å²) in [6, 6.07) is 9.47. The lowest BCUT2D eigenvalue weighted by Crippen LogP contribution is -2.15. The van der Waals surface area contributed by atoms with E-state index in [1.54, 1.807) is 17.4 Å². The third-order valence-electron chi connectivity index (χ3n) is 3.04. The van der Waals surface area contributed by atoms with Crippen LogP contribution in [0.3, 0.4) is 0 Å². The van der Waals surface area contributed by atoms with E-state index in [1.165, 1.54) is 4.88 Å². The molecule has 98 valence electrons. The second kappa shape index (κ2) is 5.45. The summed E-state index contributed by atoms with van der Waals surface area (Å²) in [4.78, 5) is 13.4. The van der Waals surface area contributed by atoms with Gasteiger partial charge in [0.05, 0.1) is 0 Å². The van der Waals surface area contributed by atoms with Crippen LogP contribution in [0.25, 0.3) is 0 Å². The lowest BCUT2D eigenvalue weighted by Gasteiger charge is -2.18. The monoisotopic (exact) mass is 274 g/mol. The first-order chi connectivity index (χ1) is 9.33. The van der Waals surface area contributed by atoms with Crippen LogP contribution in [-0.4, -0.2) is 19.0 Å². The number of carbonyl (C=O) groups excluding carboxylic acids is 1. The van der Waals surface area contributed by atoms with Crippen LogP contribution in [0.2, 0.25) is 0 Å². The molecule has 19 heavy (non-hydrogen) atoms. The Morgan fingerprint density at radius 1 is 1.16 bits per heavy atom. The molecular formula is C15H14O3S. The molecule has 0 spiro atoms. The van der Waals surface area contributed by atoms with Crippen molar-refractivity contribution in [3.8, 4) is 11.5 Å². The molecule has 0 aliphatic carbocycles. The first-order valence-corrected chi connectivity index (χ1v) is 7.16. The van der Waals surface area contributed by atoms with E-state index in [-0.39, 0.29) is 5.78 Å². The fraction of sp³-hybridized carbons (Fsp3) is 0.267. The molecule has 1 aliphatic heterocycles. The van der Waals surface area contributed by atoms with Crippen molar-refractivity contribution < 1.29 is 14.3 Å². The van der Waals surface area contributed by atoms with Gasteiger partial charge in [0, 0.05) is 16.9 Å². The van der Waals surface area contributed by atoms with Crippen LogP contribution in [0.15, 0.2) is 35.7 Å². The van der Waals surface area contributed by atoms with Gasteiger partial charge in [-0.3, -0.25) is 4.79 Å². The number of thiophene rings is 1. The van der Waals surface area contributed by atoms with Crippen LogP contribution < -0.4 is 9.47 Å². The molecule has 0 fully saturated rings. The Balaban J connectivity index is 1.69. The molecule has 2 heterocycles. The number of fused-ring (bicyclic) bond motifs is 1. The summed E-state index contributed by atoms with van der Waals surface area (Å²) >= 11 is 1.69. The van der Waals surface area contributed by atoms with E-state index >= 15 is 0 Å². The molecule has 0 amide bonds. The van der Waals surface area contributed by atoms with Crippen LogP contribution in [0.4, 0.5) is 0 Å². The van der Waals surface area contributed by atoms with E-state index in [4.69, 9.17) is 9.47 Å². The smallest absolute Gasteiger partial charge is 0.163 e. The van der Waals surface area contributed by atoms with Crippen molar-refractivity contribution in [3.63, 3.8) is 0 Å². The normalized spacial score (nSPS) is 13.3. The molecule has 0 N–H and O–H groups in total. The molecule has 3 rings (SSSR count). The quantitative estimate of drug-likeness (QED) is 0.802. The molecule has 1 aromatic carbocycles. The molecule has 0 radical (unpaired) electrons. The molecule has 0 bridgehead atoms. The number of aryl methyl sites for hydroxylation is 1. The Morgan fingerprint density at radius 2 is 2.00 bits per heavy atom. The Hall–Kier alpha value is -1.81. The van der Waals surface area contributed by atoms with E-state index in [0.717, 1.165) is 12.2 Å². The van der Waals surface area contributed by atoms with Crippen LogP contribution in [-0.2, 0) is 6.42 Å². The summed E-state index contributed by atoms with van der Waals surface area (Å²) in [7, 11) is 0. The highest BCUT2D eigenvalue weighted by Gasteiger charge is 2.14. The van der Waals surface area contributed by atoms with Gasteiger partial charge < -0.3 is 9.47 Å². The van der Waals surface area contributed by atoms with Crippen molar-refractivity contribution >= 4 is 17.1 Å². The average Bonchev–Trinajstić information content (AvgIpc) is 2.97. The maximum atomic E-state index is 12.1. The molecule has 1 aromatic heterocycles. The molecule has 1 aliphatic rings. The molecule has 0 unspecified atom stereocenters. The number of ether oxygens (including phenoxy) is 2. The number of hydrogen-bond donors (Lipinski definition) is 0. The summed E-state index contributed by atoms with van der Waals surface area (Å²) in [6.07, 6.45) is 1.32. The molecule has 0 saturated heterocycles. The fourth-order valence-corrected chi connectivity index (χ4v) is 2.76. The van der Waals surface area contributed by atoms with Gasteiger partial charge in [-0.2, -0.15) is 0 Å². The largest absolute Gasteiger partial charge is 0.486 e. The number of rotatable bonds is 4. The number of Topliss-reactive ketones (excluding diaryl/α,β-unsaturated/α-hetero) is 1. The molecule has 3 nitrogen and oxygen atoms in total. The fourth-order valence-electron chi connectivity index (χ4n) is 2.05. The standard InChI is InChI=1S/C15H14O3S/c16-13(5-4-12-2-1-9-19-12)11-3-6-14-15(10-11)18-8-7-17-14/h1-3,6,9-10H,4-5,7-8H2. The Labute approximate surface area is 115 Å². The van der Waals surface area contributed by atoms with Gasteiger partial charge in [-0.25, -0.2) is 0 Å². The van der Waals surface area contributed by atoms with Crippen molar-refractivity contribution in [3.05, 3.63) is 46.2 Å². The van der Waals surface area contributed by atoms with Gasteiger partial charge >= 0.3 is 0 Å². The van der Waals surface area contributed by atoms with E-state index in [9.17, 15) is 4.79 Å². The van der Waals surface area contributed by atoms with Crippen molar-refractivity contribution in [1.82, 2.24) is 0 Å². The molecule has 2 aromatic rings. The summed E-state index contributed by atoms with van der Waals surface area (Å²) < 4.78 is 10.9. The SMILES string of the molecule is O=C(CCc1cccs1)c1ccc2c(c1)OCCO2.